The van der Waals surface area contributed by atoms with E-state index in [2.05, 4.69) is 0 Å². The predicted molar refractivity (Wildman–Crippen MR) is 151 cm³/mol. The zero-order chi connectivity index (χ0) is 28.7. The highest BCUT2D eigenvalue weighted by atomic mass is 32.2. The highest BCUT2D eigenvalue weighted by Gasteiger charge is 2.21. The molecule has 0 bridgehead atoms. The fourth-order valence-electron chi connectivity index (χ4n) is 3.86. The van der Waals surface area contributed by atoms with Gasteiger partial charge in [0.2, 0.25) is 0 Å². The van der Waals surface area contributed by atoms with Crippen molar-refractivity contribution in [3.8, 4) is 17.2 Å². The molecule has 40 heavy (non-hydrogen) atoms. The second kappa shape index (κ2) is 12.5. The van der Waals surface area contributed by atoms with E-state index in [0.29, 0.717) is 29.4 Å². The number of esters is 1. The van der Waals surface area contributed by atoms with Gasteiger partial charge in [0.05, 0.1) is 24.3 Å². The minimum Gasteiger partial charge on any atom is -0.497 e. The average Bonchev–Trinajstić information content (AvgIpc) is 2.98. The molecule has 0 unspecified atom stereocenters. The average molecular weight is 564 g/mol. The maximum atomic E-state index is 13.0. The lowest BCUT2D eigenvalue weighted by atomic mass is 10.0. The second-order valence-corrected chi connectivity index (χ2v) is 10.6. The molecule has 4 aromatic carbocycles. The quantitative estimate of drug-likeness (QED) is 0.177. The van der Waals surface area contributed by atoms with Crippen LogP contribution >= 0.6 is 0 Å². The topological polar surface area (TPSA) is 108 Å². The number of benzene rings is 4. The first kappa shape index (κ1) is 28.4. The predicted octanol–water partition coefficient (Wildman–Crippen LogP) is 4.88. The lowest BCUT2D eigenvalue weighted by molar-refractivity contribution is -0.144. The Balaban J connectivity index is 1.28. The molecule has 0 aliphatic rings. The van der Waals surface area contributed by atoms with Crippen molar-refractivity contribution in [3.05, 3.63) is 90.5 Å². The van der Waals surface area contributed by atoms with Crippen LogP contribution < -0.4 is 18.5 Å². The lowest BCUT2D eigenvalue weighted by Gasteiger charge is -2.20. The molecule has 0 aromatic heterocycles. The van der Waals surface area contributed by atoms with Crippen molar-refractivity contribution < 1.29 is 37.0 Å². The molecule has 0 saturated heterocycles. The molecule has 10 heteroatoms. The first-order chi connectivity index (χ1) is 19.2. The molecule has 4 rings (SSSR count). The fraction of sp³-hybridized carbons (Fsp3) is 0.200. The van der Waals surface area contributed by atoms with Crippen molar-refractivity contribution >= 4 is 38.2 Å². The smallest absolute Gasteiger partial charge is 0.344 e. The molecule has 0 amide bonds. The van der Waals surface area contributed by atoms with Gasteiger partial charge in [-0.3, -0.25) is 9.10 Å². The summed E-state index contributed by atoms with van der Waals surface area (Å²) >= 11 is 0. The summed E-state index contributed by atoms with van der Waals surface area (Å²) in [4.78, 5) is 24.8. The van der Waals surface area contributed by atoms with Crippen molar-refractivity contribution in [3.63, 3.8) is 0 Å². The number of methoxy groups -OCH3 is 1. The summed E-state index contributed by atoms with van der Waals surface area (Å²) in [6.45, 7) is 1.50. The maximum absolute atomic E-state index is 13.0. The Morgan fingerprint density at radius 2 is 1.35 bits per heavy atom. The summed E-state index contributed by atoms with van der Waals surface area (Å²) in [5.41, 5.74) is 0.828. The number of carbonyl (C=O) groups excluding carboxylic acids is 2. The minimum absolute atomic E-state index is 0.125. The summed E-state index contributed by atoms with van der Waals surface area (Å²) in [5.74, 6) is 0.592. The van der Waals surface area contributed by atoms with Crippen molar-refractivity contribution in [2.75, 3.05) is 38.3 Å². The molecule has 208 valence electrons. The highest BCUT2D eigenvalue weighted by Crippen LogP contribution is 2.26. The molecule has 0 heterocycles. The molecular formula is C30H29NO8S. The van der Waals surface area contributed by atoms with Gasteiger partial charge in [-0.05, 0) is 84.4 Å². The van der Waals surface area contributed by atoms with Crippen molar-refractivity contribution in [1.29, 1.82) is 0 Å². The van der Waals surface area contributed by atoms with Gasteiger partial charge in [-0.25, -0.2) is 13.2 Å². The molecule has 0 aliphatic heterocycles. The monoisotopic (exact) mass is 563 g/mol. The molecule has 0 saturated carbocycles. The third kappa shape index (κ3) is 6.70. The van der Waals surface area contributed by atoms with Gasteiger partial charge in [0.1, 0.15) is 17.2 Å². The Morgan fingerprint density at radius 1 is 0.750 bits per heavy atom. The van der Waals surface area contributed by atoms with Gasteiger partial charge in [0.15, 0.2) is 19.0 Å². The zero-order valence-corrected chi connectivity index (χ0v) is 23.1. The van der Waals surface area contributed by atoms with Crippen LogP contribution in [0.2, 0.25) is 0 Å². The van der Waals surface area contributed by atoms with Gasteiger partial charge in [-0.1, -0.05) is 18.2 Å². The van der Waals surface area contributed by atoms with Gasteiger partial charge >= 0.3 is 5.97 Å². The van der Waals surface area contributed by atoms with E-state index in [0.717, 1.165) is 20.8 Å². The largest absolute Gasteiger partial charge is 0.497 e. The lowest BCUT2D eigenvalue weighted by Crippen LogP contribution is -2.26. The molecule has 0 N–H and O–H groups in total. The first-order valence-corrected chi connectivity index (χ1v) is 13.9. The molecular weight excluding hydrogens is 534 g/mol. The number of ether oxygens (including phenoxy) is 4. The van der Waals surface area contributed by atoms with E-state index in [1.165, 1.54) is 19.2 Å². The van der Waals surface area contributed by atoms with E-state index in [9.17, 15) is 18.0 Å². The second-order valence-electron chi connectivity index (χ2n) is 8.67. The Labute approximate surface area is 232 Å². The third-order valence-electron chi connectivity index (χ3n) is 6.08. The highest BCUT2D eigenvalue weighted by molar-refractivity contribution is 7.92. The Bertz CT molecular complexity index is 1600. The third-order valence-corrected chi connectivity index (χ3v) is 7.88. The van der Waals surface area contributed by atoms with Crippen LogP contribution in [0.3, 0.4) is 0 Å². The number of ketones is 1. The number of anilines is 1. The number of sulfonamides is 1. The van der Waals surface area contributed by atoms with E-state index in [-0.39, 0.29) is 10.7 Å². The zero-order valence-electron chi connectivity index (χ0n) is 22.3. The molecule has 0 fully saturated rings. The molecule has 9 nitrogen and oxygen atoms in total. The van der Waals surface area contributed by atoms with Crippen molar-refractivity contribution in [1.82, 2.24) is 0 Å². The van der Waals surface area contributed by atoms with Gasteiger partial charge < -0.3 is 18.9 Å². The summed E-state index contributed by atoms with van der Waals surface area (Å²) in [6, 6.07) is 23.1. The number of carbonyl (C=O) groups is 2. The number of fused-ring (bicyclic) bond motifs is 1. The fourth-order valence-corrected chi connectivity index (χ4v) is 5.06. The molecule has 4 aromatic rings. The van der Waals surface area contributed by atoms with E-state index >= 15 is 0 Å². The van der Waals surface area contributed by atoms with Crippen LogP contribution in [0.25, 0.3) is 10.8 Å². The SMILES string of the molecule is CCOc1ccc(S(=O)(=O)N(C)c2ccc(OCC(=O)OCC(=O)c3ccc4cc(OC)ccc4c3)cc2)cc1. The number of hydrogen-bond donors (Lipinski definition) is 0. The summed E-state index contributed by atoms with van der Waals surface area (Å²) in [5, 5.41) is 1.79. The summed E-state index contributed by atoms with van der Waals surface area (Å²) < 4.78 is 48.2. The van der Waals surface area contributed by atoms with E-state index in [1.54, 1.807) is 67.8 Å². The van der Waals surface area contributed by atoms with Crippen LogP contribution in [0.1, 0.15) is 17.3 Å². The summed E-state index contributed by atoms with van der Waals surface area (Å²) in [7, 11) is -0.757. The van der Waals surface area contributed by atoms with Gasteiger partial charge in [-0.15, -0.1) is 0 Å². The van der Waals surface area contributed by atoms with Crippen LogP contribution in [-0.4, -0.2) is 54.1 Å². The van der Waals surface area contributed by atoms with Gasteiger partial charge in [-0.2, -0.15) is 0 Å². The number of hydrogen-bond acceptors (Lipinski definition) is 8. The van der Waals surface area contributed by atoms with Crippen LogP contribution in [0.5, 0.6) is 17.2 Å². The standard InChI is InChI=1S/C30H29NO8S/c1-4-37-25-13-15-28(16-14-25)40(34,35)31(2)24-8-11-26(12-9-24)38-20-30(33)39-19-29(32)23-6-5-22-18-27(36-3)10-7-21(22)17-23/h5-18H,4,19-20H2,1-3H3. The summed E-state index contributed by atoms with van der Waals surface area (Å²) in [6.07, 6.45) is 0. The molecule has 0 aliphatic carbocycles. The van der Waals surface area contributed by atoms with Crippen molar-refractivity contribution in [2.24, 2.45) is 0 Å². The van der Waals surface area contributed by atoms with Gasteiger partial charge in [0, 0.05) is 12.6 Å². The van der Waals surface area contributed by atoms with E-state index < -0.39 is 29.2 Å². The molecule has 0 radical (unpaired) electrons. The van der Waals surface area contributed by atoms with Crippen molar-refractivity contribution in [2.45, 2.75) is 11.8 Å². The number of rotatable bonds is 12. The van der Waals surface area contributed by atoms with Crippen LogP contribution in [0.4, 0.5) is 5.69 Å². The van der Waals surface area contributed by atoms with E-state index in [4.69, 9.17) is 18.9 Å². The maximum Gasteiger partial charge on any atom is 0.344 e. The molecule has 0 atom stereocenters. The first-order valence-electron chi connectivity index (χ1n) is 12.4. The number of nitrogens with zero attached hydrogens (tertiary/aromatic N) is 1. The van der Waals surface area contributed by atoms with Gasteiger partial charge in [0.25, 0.3) is 10.0 Å². The molecule has 0 spiro atoms. The van der Waals surface area contributed by atoms with Crippen LogP contribution in [0.15, 0.2) is 89.8 Å². The number of Topliss-reactive ketones (excluding diaryl/α,β-unsaturated/α-hetero) is 1. The van der Waals surface area contributed by atoms with Crippen LogP contribution in [-0.2, 0) is 19.6 Å². The minimum atomic E-state index is -3.79. The normalized spacial score (nSPS) is 11.1. The van der Waals surface area contributed by atoms with E-state index in [1.807, 2.05) is 19.1 Å². The van der Waals surface area contributed by atoms with Crippen LogP contribution in [0, 0.1) is 0 Å². The Morgan fingerprint density at radius 3 is 2.02 bits per heavy atom. The Kier molecular flexibility index (Phi) is 8.90. The Hall–Kier alpha value is -4.57.